The van der Waals surface area contributed by atoms with Gasteiger partial charge >= 0.3 is 6.18 Å². The number of halogens is 3. The quantitative estimate of drug-likeness (QED) is 0.606. The van der Waals surface area contributed by atoms with Gasteiger partial charge in [-0.3, -0.25) is 0 Å². The minimum Gasteiger partial charge on any atom is -0.166 e. The maximum Gasteiger partial charge on any atom is 0.416 e. The minimum absolute atomic E-state index is 0.266. The normalized spacial score (nSPS) is 9.88. The lowest BCUT2D eigenvalue weighted by atomic mass is 10.0. The average molecular weight is 264 g/mol. The minimum atomic E-state index is -4.23. The maximum absolute atomic E-state index is 12.1. The second kappa shape index (κ2) is 9.16. The van der Waals surface area contributed by atoms with E-state index >= 15 is 0 Å². The fourth-order valence-corrected chi connectivity index (χ4v) is 1.06. The Hall–Kier alpha value is -0.900. The van der Waals surface area contributed by atoms with E-state index in [1.807, 2.05) is 27.7 Å². The van der Waals surface area contributed by atoms with Crippen molar-refractivity contribution in [2.24, 2.45) is 0 Å². The van der Waals surface area contributed by atoms with Crippen LogP contribution in [0.1, 0.15) is 44.7 Å². The number of hydrogen-bond donors (Lipinski definition) is 0. The van der Waals surface area contributed by atoms with Crippen LogP contribution in [-0.2, 0) is 6.18 Å². The van der Waals surface area contributed by atoms with Crippen molar-refractivity contribution >= 4 is 18.1 Å². The van der Waals surface area contributed by atoms with Crippen LogP contribution in [0.4, 0.5) is 13.2 Å². The first-order valence-electron chi connectivity index (χ1n) is 5.37. The predicted molar refractivity (Wildman–Crippen MR) is 71.6 cm³/mol. The smallest absolute Gasteiger partial charge is 0.166 e. The lowest BCUT2D eigenvalue weighted by Crippen LogP contribution is -2.04. The molecule has 98 valence electrons. The van der Waals surface area contributed by atoms with E-state index in [4.69, 9.17) is 0 Å². The Morgan fingerprint density at radius 1 is 1.00 bits per heavy atom. The molecule has 0 amide bonds. The molecular formula is C13H19F3S. The van der Waals surface area contributed by atoms with Gasteiger partial charge in [0.15, 0.2) is 0 Å². The fraction of sp³-hybridized carbons (Fsp3) is 0.462. The van der Waals surface area contributed by atoms with Gasteiger partial charge in [0.2, 0.25) is 0 Å². The van der Waals surface area contributed by atoms with Gasteiger partial charge in [-0.05, 0) is 29.5 Å². The average Bonchev–Trinajstić information content (AvgIpc) is 2.33. The van der Waals surface area contributed by atoms with Gasteiger partial charge in [0, 0.05) is 0 Å². The number of rotatable bonds is 1. The first-order valence-corrected chi connectivity index (χ1v) is 5.95. The molecule has 0 atom stereocenters. The summed E-state index contributed by atoms with van der Waals surface area (Å²) in [5, 5.41) is 0. The Kier molecular flexibility index (Phi) is 9.95. The van der Waals surface area contributed by atoms with Gasteiger partial charge < -0.3 is 0 Å². The molecule has 0 bridgehead atoms. The summed E-state index contributed by atoms with van der Waals surface area (Å²) < 4.78 is 36.4. The molecule has 0 heterocycles. The van der Waals surface area contributed by atoms with E-state index in [0.717, 1.165) is 17.7 Å². The summed E-state index contributed by atoms with van der Waals surface area (Å²) in [6.45, 7) is 7.89. The van der Waals surface area contributed by atoms with Gasteiger partial charge in [-0.25, -0.2) is 0 Å². The Bertz CT molecular complexity index is 289. The third kappa shape index (κ3) is 7.10. The van der Waals surface area contributed by atoms with Gasteiger partial charge in [-0.1, -0.05) is 52.0 Å². The zero-order valence-electron chi connectivity index (χ0n) is 10.6. The molecule has 0 fully saturated rings. The van der Waals surface area contributed by atoms with Gasteiger partial charge in [0.1, 0.15) is 0 Å². The highest BCUT2D eigenvalue weighted by Crippen LogP contribution is 2.29. The van der Waals surface area contributed by atoms with Crippen molar-refractivity contribution in [2.75, 3.05) is 0 Å². The van der Waals surface area contributed by atoms with Crippen molar-refractivity contribution in [2.45, 2.75) is 39.8 Å². The Balaban J connectivity index is 0. The molecule has 4 heteroatoms. The SMILES string of the molecule is C=S.CC.CC(C)c1ccc(C(F)(F)F)cc1. The maximum atomic E-state index is 12.1. The van der Waals surface area contributed by atoms with Crippen molar-refractivity contribution in [3.05, 3.63) is 35.4 Å². The first kappa shape index (κ1) is 18.5. The van der Waals surface area contributed by atoms with Crippen LogP contribution in [0.5, 0.6) is 0 Å². The molecule has 1 aromatic carbocycles. The molecule has 0 saturated heterocycles. The van der Waals surface area contributed by atoms with Crippen molar-refractivity contribution < 1.29 is 13.2 Å². The monoisotopic (exact) mass is 264 g/mol. The van der Waals surface area contributed by atoms with Crippen LogP contribution < -0.4 is 0 Å². The van der Waals surface area contributed by atoms with Crippen LogP contribution in [0.25, 0.3) is 0 Å². The molecule has 0 aliphatic heterocycles. The second-order valence-corrected chi connectivity index (χ2v) is 3.27. The predicted octanol–water partition coefficient (Wildman–Crippen LogP) is 5.47. The van der Waals surface area contributed by atoms with Crippen LogP contribution in [0.3, 0.4) is 0 Å². The van der Waals surface area contributed by atoms with Gasteiger partial charge in [-0.15, -0.1) is 0 Å². The molecule has 0 unspecified atom stereocenters. The van der Waals surface area contributed by atoms with Gasteiger partial charge in [0.05, 0.1) is 5.56 Å². The molecule has 0 saturated carbocycles. The molecule has 1 rings (SSSR count). The molecule has 0 aromatic heterocycles. The van der Waals surface area contributed by atoms with E-state index < -0.39 is 11.7 Å². The highest BCUT2D eigenvalue weighted by Gasteiger charge is 2.29. The summed E-state index contributed by atoms with van der Waals surface area (Å²) in [4.78, 5) is 0. The zero-order valence-corrected chi connectivity index (χ0v) is 11.5. The van der Waals surface area contributed by atoms with Crippen molar-refractivity contribution in [3.8, 4) is 0 Å². The van der Waals surface area contributed by atoms with Gasteiger partial charge in [-0.2, -0.15) is 13.2 Å². The topological polar surface area (TPSA) is 0 Å². The van der Waals surface area contributed by atoms with Crippen LogP contribution >= 0.6 is 12.2 Å². The summed E-state index contributed by atoms with van der Waals surface area (Å²) in [6, 6.07) is 5.28. The van der Waals surface area contributed by atoms with Crippen LogP contribution in [-0.4, -0.2) is 5.87 Å². The van der Waals surface area contributed by atoms with Crippen molar-refractivity contribution in [1.82, 2.24) is 0 Å². The zero-order chi connectivity index (χ0) is 14.1. The van der Waals surface area contributed by atoms with Gasteiger partial charge in [0.25, 0.3) is 0 Å². The number of hydrogen-bond acceptors (Lipinski definition) is 1. The van der Waals surface area contributed by atoms with Crippen LogP contribution in [0, 0.1) is 0 Å². The van der Waals surface area contributed by atoms with E-state index in [2.05, 4.69) is 18.1 Å². The summed E-state index contributed by atoms with van der Waals surface area (Å²) >= 11 is 3.83. The molecule has 0 radical (unpaired) electrons. The first-order chi connectivity index (χ1) is 7.91. The third-order valence-electron chi connectivity index (χ3n) is 1.90. The molecule has 0 N–H and O–H groups in total. The van der Waals surface area contributed by atoms with E-state index in [-0.39, 0.29) is 5.92 Å². The molecule has 0 aliphatic carbocycles. The summed E-state index contributed by atoms with van der Waals surface area (Å²) in [5.41, 5.74) is 0.338. The van der Waals surface area contributed by atoms with E-state index in [1.54, 1.807) is 0 Å². The molecule has 17 heavy (non-hydrogen) atoms. The molecule has 0 spiro atoms. The summed E-state index contributed by atoms with van der Waals surface area (Å²) in [5.74, 6) is 3.10. The Labute approximate surface area is 107 Å². The van der Waals surface area contributed by atoms with Crippen LogP contribution in [0.15, 0.2) is 24.3 Å². The lowest BCUT2D eigenvalue weighted by molar-refractivity contribution is -0.137. The molecule has 0 aliphatic rings. The number of alkyl halides is 3. The summed E-state index contributed by atoms with van der Waals surface area (Å²) in [7, 11) is 0. The van der Waals surface area contributed by atoms with Crippen molar-refractivity contribution in [3.63, 3.8) is 0 Å². The van der Waals surface area contributed by atoms with E-state index in [0.29, 0.717) is 0 Å². The highest BCUT2D eigenvalue weighted by molar-refractivity contribution is 7.77. The summed E-state index contributed by atoms with van der Waals surface area (Å²) in [6.07, 6.45) is -4.23. The molecule has 0 nitrogen and oxygen atoms in total. The second-order valence-electron chi connectivity index (χ2n) is 3.27. The van der Waals surface area contributed by atoms with Crippen molar-refractivity contribution in [1.29, 1.82) is 0 Å². The lowest BCUT2D eigenvalue weighted by Gasteiger charge is -2.09. The molecular weight excluding hydrogens is 245 g/mol. The third-order valence-corrected chi connectivity index (χ3v) is 1.90. The highest BCUT2D eigenvalue weighted by atomic mass is 32.1. The fourth-order valence-electron chi connectivity index (χ4n) is 1.06. The van der Waals surface area contributed by atoms with Crippen LogP contribution in [0.2, 0.25) is 0 Å². The Morgan fingerprint density at radius 2 is 1.35 bits per heavy atom. The van der Waals surface area contributed by atoms with E-state index in [9.17, 15) is 13.2 Å². The molecule has 1 aromatic rings. The number of benzene rings is 1. The number of thiocarbonyl (C=S) groups is 1. The van der Waals surface area contributed by atoms with E-state index in [1.165, 1.54) is 12.1 Å². The largest absolute Gasteiger partial charge is 0.416 e. The standard InChI is InChI=1S/C10H11F3.C2H6.CH2S/c1-7(2)8-3-5-9(6-4-8)10(11,12)13;2*1-2/h3-7H,1-2H3;1-2H3;1H2. The Morgan fingerprint density at radius 3 is 1.59 bits per heavy atom.